The van der Waals surface area contributed by atoms with Gasteiger partial charge in [-0.15, -0.1) is 11.3 Å². The largest absolute Gasteiger partial charge is 0.341 e. The van der Waals surface area contributed by atoms with Crippen LogP contribution in [0.3, 0.4) is 0 Å². The van der Waals surface area contributed by atoms with Crippen molar-refractivity contribution in [1.29, 1.82) is 0 Å². The lowest BCUT2D eigenvalue weighted by molar-refractivity contribution is -0.135. The first-order chi connectivity index (χ1) is 12.4. The number of hydrogen-bond acceptors (Lipinski definition) is 4. The Labute approximate surface area is 159 Å². The molecule has 1 aliphatic rings. The molecule has 140 valence electrons. The van der Waals surface area contributed by atoms with Crippen LogP contribution in [0.4, 0.5) is 0 Å². The third-order valence-corrected chi connectivity index (χ3v) is 8.12. The van der Waals surface area contributed by atoms with Gasteiger partial charge in [-0.1, -0.05) is 30.3 Å². The predicted molar refractivity (Wildman–Crippen MR) is 103 cm³/mol. The zero-order valence-electron chi connectivity index (χ0n) is 15.1. The predicted octanol–water partition coefficient (Wildman–Crippen LogP) is 3.12. The van der Waals surface area contributed by atoms with E-state index in [4.69, 9.17) is 0 Å². The van der Waals surface area contributed by atoms with E-state index in [1.54, 1.807) is 11.0 Å². The molecule has 0 unspecified atom stereocenters. The first-order valence-electron chi connectivity index (χ1n) is 8.73. The number of nitrogens with zero attached hydrogens (tertiary/aromatic N) is 2. The summed E-state index contributed by atoms with van der Waals surface area (Å²) in [5.41, 5.74) is 1.09. The molecule has 7 heteroatoms. The molecular weight excluding hydrogens is 368 g/mol. The number of piperidine rings is 1. The SMILES string of the molecule is Cc1ccc(S(=O)(=O)N2CCC(C(=O)N(C)Cc3ccccc3)CC2)s1. The highest BCUT2D eigenvalue weighted by molar-refractivity contribution is 7.91. The standard InChI is InChI=1S/C19H24N2O3S2/c1-15-8-9-18(25-15)26(23,24)21-12-10-17(11-13-21)19(22)20(2)14-16-6-4-3-5-7-16/h3-9,17H,10-14H2,1-2H3. The van der Waals surface area contributed by atoms with Gasteiger partial charge < -0.3 is 4.90 Å². The molecule has 1 fully saturated rings. The molecule has 1 amide bonds. The van der Waals surface area contributed by atoms with E-state index in [1.165, 1.54) is 15.6 Å². The number of hydrogen-bond donors (Lipinski definition) is 0. The van der Waals surface area contributed by atoms with Gasteiger partial charge in [0.25, 0.3) is 10.0 Å². The van der Waals surface area contributed by atoms with Crippen LogP contribution >= 0.6 is 11.3 Å². The molecule has 1 saturated heterocycles. The Bertz CT molecular complexity index is 854. The molecule has 0 bridgehead atoms. The summed E-state index contributed by atoms with van der Waals surface area (Å²) in [6.07, 6.45) is 1.14. The van der Waals surface area contributed by atoms with E-state index >= 15 is 0 Å². The monoisotopic (exact) mass is 392 g/mol. The van der Waals surface area contributed by atoms with E-state index < -0.39 is 10.0 Å². The van der Waals surface area contributed by atoms with Crippen molar-refractivity contribution < 1.29 is 13.2 Å². The first kappa shape index (κ1) is 19.1. The maximum Gasteiger partial charge on any atom is 0.252 e. The van der Waals surface area contributed by atoms with Crippen LogP contribution in [0.5, 0.6) is 0 Å². The van der Waals surface area contributed by atoms with Crippen molar-refractivity contribution in [3.8, 4) is 0 Å². The Balaban J connectivity index is 1.58. The van der Waals surface area contributed by atoms with Gasteiger partial charge in [-0.25, -0.2) is 8.42 Å². The molecular formula is C19H24N2O3S2. The van der Waals surface area contributed by atoms with Crippen LogP contribution in [0.15, 0.2) is 46.7 Å². The second-order valence-electron chi connectivity index (χ2n) is 6.72. The van der Waals surface area contributed by atoms with Crippen LogP contribution < -0.4 is 0 Å². The zero-order valence-corrected chi connectivity index (χ0v) is 16.7. The van der Waals surface area contributed by atoms with E-state index in [9.17, 15) is 13.2 Å². The molecule has 0 aliphatic carbocycles. The molecule has 1 aromatic carbocycles. The highest BCUT2D eigenvalue weighted by atomic mass is 32.2. The summed E-state index contributed by atoms with van der Waals surface area (Å²) in [5.74, 6) is -0.0156. The molecule has 3 rings (SSSR count). The van der Waals surface area contributed by atoms with E-state index in [0.717, 1.165) is 10.4 Å². The molecule has 1 aliphatic heterocycles. The van der Waals surface area contributed by atoms with Gasteiger partial charge in [-0.3, -0.25) is 4.79 Å². The summed E-state index contributed by atoms with van der Waals surface area (Å²) in [5, 5.41) is 0. The average Bonchev–Trinajstić information content (AvgIpc) is 3.09. The molecule has 0 N–H and O–H groups in total. The third-order valence-electron chi connectivity index (χ3n) is 4.75. The lowest BCUT2D eigenvalue weighted by Crippen LogP contribution is -2.43. The van der Waals surface area contributed by atoms with Crippen LogP contribution in [-0.4, -0.2) is 43.7 Å². The molecule has 0 spiro atoms. The zero-order chi connectivity index (χ0) is 18.7. The van der Waals surface area contributed by atoms with Gasteiger partial charge in [-0.05, 0) is 37.5 Å². The Morgan fingerprint density at radius 2 is 1.81 bits per heavy atom. The van der Waals surface area contributed by atoms with Crippen LogP contribution in [0.2, 0.25) is 0 Å². The summed E-state index contributed by atoms with van der Waals surface area (Å²) >= 11 is 1.30. The minimum absolute atomic E-state index is 0.0952. The fourth-order valence-electron chi connectivity index (χ4n) is 3.27. The number of aryl methyl sites for hydroxylation is 1. The van der Waals surface area contributed by atoms with E-state index in [2.05, 4.69) is 0 Å². The lowest BCUT2D eigenvalue weighted by atomic mass is 9.96. The molecule has 0 radical (unpaired) electrons. The van der Waals surface area contributed by atoms with Crippen LogP contribution in [0, 0.1) is 12.8 Å². The minimum atomic E-state index is -3.43. The number of carbonyl (C=O) groups excluding carboxylic acids is 1. The summed E-state index contributed by atoms with van der Waals surface area (Å²) in [6.45, 7) is 3.27. The maximum absolute atomic E-state index is 12.7. The van der Waals surface area contributed by atoms with Crippen molar-refractivity contribution in [1.82, 2.24) is 9.21 Å². The molecule has 26 heavy (non-hydrogen) atoms. The van der Waals surface area contributed by atoms with Crippen molar-refractivity contribution in [3.63, 3.8) is 0 Å². The third kappa shape index (κ3) is 4.16. The van der Waals surface area contributed by atoms with E-state index in [0.29, 0.717) is 36.7 Å². The molecule has 2 heterocycles. The number of thiophene rings is 1. The van der Waals surface area contributed by atoms with Crippen molar-refractivity contribution in [3.05, 3.63) is 52.9 Å². The normalized spacial score (nSPS) is 16.5. The number of amides is 1. The summed E-state index contributed by atoms with van der Waals surface area (Å²) < 4.78 is 27.3. The number of benzene rings is 1. The van der Waals surface area contributed by atoms with E-state index in [-0.39, 0.29) is 11.8 Å². The van der Waals surface area contributed by atoms with Crippen molar-refractivity contribution in [2.24, 2.45) is 5.92 Å². The minimum Gasteiger partial charge on any atom is -0.341 e. The van der Waals surface area contributed by atoms with Crippen molar-refractivity contribution >= 4 is 27.3 Å². The first-order valence-corrected chi connectivity index (χ1v) is 11.0. The Morgan fingerprint density at radius 3 is 2.38 bits per heavy atom. The summed E-state index contributed by atoms with van der Waals surface area (Å²) in [6, 6.07) is 13.4. The van der Waals surface area contributed by atoms with Gasteiger partial charge in [-0.2, -0.15) is 4.31 Å². The fourth-order valence-corrected chi connectivity index (χ4v) is 6.18. The van der Waals surface area contributed by atoms with Crippen molar-refractivity contribution in [2.45, 2.75) is 30.5 Å². The van der Waals surface area contributed by atoms with E-state index in [1.807, 2.05) is 50.4 Å². The topological polar surface area (TPSA) is 57.7 Å². The molecule has 0 atom stereocenters. The van der Waals surface area contributed by atoms with Crippen LogP contribution in [-0.2, 0) is 21.4 Å². The van der Waals surface area contributed by atoms with Crippen molar-refractivity contribution in [2.75, 3.05) is 20.1 Å². The Hall–Kier alpha value is -1.70. The van der Waals surface area contributed by atoms with Gasteiger partial charge >= 0.3 is 0 Å². The maximum atomic E-state index is 12.7. The molecule has 2 aromatic rings. The summed E-state index contributed by atoms with van der Waals surface area (Å²) in [7, 11) is -1.62. The molecule has 1 aromatic heterocycles. The number of sulfonamides is 1. The van der Waals surface area contributed by atoms with Gasteiger partial charge in [0, 0.05) is 37.5 Å². The van der Waals surface area contributed by atoms with Crippen LogP contribution in [0.25, 0.3) is 0 Å². The quantitative estimate of drug-likeness (QED) is 0.786. The van der Waals surface area contributed by atoms with Gasteiger partial charge in [0.15, 0.2) is 0 Å². The lowest BCUT2D eigenvalue weighted by Gasteiger charge is -2.32. The Morgan fingerprint density at radius 1 is 1.15 bits per heavy atom. The summed E-state index contributed by atoms with van der Waals surface area (Å²) in [4.78, 5) is 15.4. The number of carbonyl (C=O) groups is 1. The highest BCUT2D eigenvalue weighted by Crippen LogP contribution is 2.28. The fraction of sp³-hybridized carbons (Fsp3) is 0.421. The Kier molecular flexibility index (Phi) is 5.79. The van der Waals surface area contributed by atoms with Gasteiger partial charge in [0.1, 0.15) is 4.21 Å². The average molecular weight is 393 g/mol. The second-order valence-corrected chi connectivity index (χ2v) is 10.2. The molecule has 5 nitrogen and oxygen atoms in total. The van der Waals surface area contributed by atoms with Crippen LogP contribution in [0.1, 0.15) is 23.3 Å². The highest BCUT2D eigenvalue weighted by Gasteiger charge is 2.33. The smallest absolute Gasteiger partial charge is 0.252 e. The second kappa shape index (κ2) is 7.90. The number of rotatable bonds is 5. The molecule has 0 saturated carbocycles. The van der Waals surface area contributed by atoms with Gasteiger partial charge in [0.2, 0.25) is 5.91 Å². The van der Waals surface area contributed by atoms with Gasteiger partial charge in [0.05, 0.1) is 0 Å².